The van der Waals surface area contributed by atoms with Gasteiger partial charge in [-0.3, -0.25) is 0 Å². The van der Waals surface area contributed by atoms with Gasteiger partial charge in [0.25, 0.3) is 0 Å². The van der Waals surface area contributed by atoms with Crippen LogP contribution in [0.3, 0.4) is 0 Å². The molecule has 31 heavy (non-hydrogen) atoms. The van der Waals surface area contributed by atoms with Crippen molar-refractivity contribution in [2.75, 3.05) is 19.0 Å². The molecule has 0 spiro atoms. The molecule has 0 unspecified atom stereocenters. The Morgan fingerprint density at radius 1 is 1.06 bits per heavy atom. The highest BCUT2D eigenvalue weighted by molar-refractivity contribution is 6.30. The van der Waals surface area contributed by atoms with Crippen molar-refractivity contribution in [2.45, 2.75) is 13.5 Å². The summed E-state index contributed by atoms with van der Waals surface area (Å²) in [5.74, 6) is 0.996. The van der Waals surface area contributed by atoms with E-state index < -0.39 is 5.97 Å². The van der Waals surface area contributed by atoms with Crippen LogP contribution in [0.2, 0.25) is 5.02 Å². The van der Waals surface area contributed by atoms with Crippen molar-refractivity contribution in [3.63, 3.8) is 0 Å². The molecular weight excluding hydrogens is 414 g/mol. The Hall–Kier alpha value is -3.51. The lowest BCUT2D eigenvalue weighted by Crippen LogP contribution is -2.05. The molecule has 1 N–H and O–H groups in total. The van der Waals surface area contributed by atoms with E-state index in [1.165, 1.54) is 7.11 Å². The molecule has 1 aromatic heterocycles. The van der Waals surface area contributed by atoms with Crippen molar-refractivity contribution >= 4 is 40.2 Å². The summed E-state index contributed by atoms with van der Waals surface area (Å²) in [4.78, 5) is 17.0. The van der Waals surface area contributed by atoms with Gasteiger partial charge < -0.3 is 19.4 Å². The predicted molar refractivity (Wildman–Crippen MR) is 123 cm³/mol. The van der Waals surface area contributed by atoms with Gasteiger partial charge in [0.05, 0.1) is 31.3 Å². The summed E-state index contributed by atoms with van der Waals surface area (Å²) < 4.78 is 12.5. The van der Waals surface area contributed by atoms with Crippen molar-refractivity contribution in [2.24, 2.45) is 0 Å². The normalized spacial score (nSPS) is 10.8. The molecular formula is C24H22ClN3O3. The Labute approximate surface area is 185 Å². The van der Waals surface area contributed by atoms with E-state index in [0.717, 1.165) is 22.5 Å². The first-order valence-electron chi connectivity index (χ1n) is 9.91. The lowest BCUT2D eigenvalue weighted by Gasteiger charge is -2.12. The number of aromatic nitrogens is 2. The zero-order valence-corrected chi connectivity index (χ0v) is 18.0. The summed E-state index contributed by atoms with van der Waals surface area (Å²) in [5.41, 5.74) is 3.74. The highest BCUT2D eigenvalue weighted by Gasteiger charge is 2.18. The van der Waals surface area contributed by atoms with Gasteiger partial charge in [-0.05, 0) is 61.0 Å². The molecule has 0 saturated carbocycles. The third-order valence-electron chi connectivity index (χ3n) is 4.86. The number of fused-ring (bicyclic) bond motifs is 1. The monoisotopic (exact) mass is 435 g/mol. The third kappa shape index (κ3) is 4.49. The van der Waals surface area contributed by atoms with Gasteiger partial charge in [-0.15, -0.1) is 0 Å². The number of rotatable bonds is 7. The molecule has 0 radical (unpaired) electrons. The zero-order valence-electron chi connectivity index (χ0n) is 17.3. The van der Waals surface area contributed by atoms with Crippen LogP contribution in [0.25, 0.3) is 11.0 Å². The lowest BCUT2D eigenvalue weighted by molar-refractivity contribution is 0.0603. The Morgan fingerprint density at radius 2 is 1.81 bits per heavy atom. The molecule has 3 aromatic carbocycles. The van der Waals surface area contributed by atoms with Crippen LogP contribution < -0.4 is 10.1 Å². The van der Waals surface area contributed by atoms with Crippen molar-refractivity contribution < 1.29 is 14.3 Å². The van der Waals surface area contributed by atoms with E-state index in [4.69, 9.17) is 26.1 Å². The Bertz CT molecular complexity index is 1200. The molecule has 0 fully saturated rings. The van der Waals surface area contributed by atoms with Crippen LogP contribution in [-0.2, 0) is 11.3 Å². The Morgan fingerprint density at radius 3 is 2.48 bits per heavy atom. The van der Waals surface area contributed by atoms with Crippen molar-refractivity contribution in [1.29, 1.82) is 0 Å². The van der Waals surface area contributed by atoms with E-state index >= 15 is 0 Å². The Balaban J connectivity index is 1.77. The summed E-state index contributed by atoms with van der Waals surface area (Å²) in [6, 6.07) is 20.8. The SMILES string of the molecule is CCOc1ccc(Nc2nc3c(C(=O)OC)cccc3n2Cc2ccc(Cl)cc2)cc1. The molecule has 0 amide bonds. The largest absolute Gasteiger partial charge is 0.494 e. The van der Waals surface area contributed by atoms with E-state index in [0.29, 0.717) is 35.2 Å². The fourth-order valence-corrected chi connectivity index (χ4v) is 3.51. The van der Waals surface area contributed by atoms with Crippen molar-refractivity contribution in [1.82, 2.24) is 9.55 Å². The van der Waals surface area contributed by atoms with Gasteiger partial charge in [0.15, 0.2) is 0 Å². The van der Waals surface area contributed by atoms with Crippen LogP contribution in [0.5, 0.6) is 5.75 Å². The number of nitrogens with one attached hydrogen (secondary N) is 1. The van der Waals surface area contributed by atoms with E-state index in [1.54, 1.807) is 6.07 Å². The van der Waals surface area contributed by atoms with Gasteiger partial charge in [0.1, 0.15) is 11.3 Å². The van der Waals surface area contributed by atoms with E-state index in [-0.39, 0.29) is 0 Å². The van der Waals surface area contributed by atoms with Gasteiger partial charge in [-0.2, -0.15) is 0 Å². The molecule has 7 heteroatoms. The molecule has 1 heterocycles. The second kappa shape index (κ2) is 9.10. The minimum Gasteiger partial charge on any atom is -0.494 e. The van der Waals surface area contributed by atoms with Crippen molar-refractivity contribution in [3.05, 3.63) is 82.9 Å². The first-order chi connectivity index (χ1) is 15.1. The summed E-state index contributed by atoms with van der Waals surface area (Å²) >= 11 is 6.04. The van der Waals surface area contributed by atoms with E-state index in [1.807, 2.05) is 72.2 Å². The lowest BCUT2D eigenvalue weighted by atomic mass is 10.2. The molecule has 0 bridgehead atoms. The quantitative estimate of drug-likeness (QED) is 0.379. The van der Waals surface area contributed by atoms with Gasteiger partial charge >= 0.3 is 5.97 Å². The molecule has 0 aliphatic carbocycles. The number of nitrogens with zero attached hydrogens (tertiary/aromatic N) is 2. The molecule has 4 aromatic rings. The van der Waals surface area contributed by atoms with Gasteiger partial charge in [-0.25, -0.2) is 9.78 Å². The van der Waals surface area contributed by atoms with Crippen LogP contribution in [0.15, 0.2) is 66.7 Å². The maximum atomic E-state index is 12.3. The fourth-order valence-electron chi connectivity index (χ4n) is 3.38. The van der Waals surface area contributed by atoms with Crippen LogP contribution in [0, 0.1) is 0 Å². The number of halogens is 1. The van der Waals surface area contributed by atoms with Crippen LogP contribution >= 0.6 is 11.6 Å². The van der Waals surface area contributed by atoms with Crippen LogP contribution in [0.1, 0.15) is 22.8 Å². The second-order valence-corrected chi connectivity index (χ2v) is 7.33. The number of anilines is 2. The van der Waals surface area contributed by atoms with Crippen molar-refractivity contribution in [3.8, 4) is 5.75 Å². The summed E-state index contributed by atoms with van der Waals surface area (Å²) in [7, 11) is 1.37. The predicted octanol–water partition coefficient (Wildman–Crippen LogP) is 5.67. The van der Waals surface area contributed by atoms with Gasteiger partial charge in [-0.1, -0.05) is 29.8 Å². The first-order valence-corrected chi connectivity index (χ1v) is 10.3. The number of imidazole rings is 1. The Kier molecular flexibility index (Phi) is 6.09. The second-order valence-electron chi connectivity index (χ2n) is 6.90. The number of hydrogen-bond donors (Lipinski definition) is 1. The summed E-state index contributed by atoms with van der Waals surface area (Å²) in [6.07, 6.45) is 0. The number of hydrogen-bond acceptors (Lipinski definition) is 5. The molecule has 0 aliphatic rings. The third-order valence-corrected chi connectivity index (χ3v) is 5.11. The molecule has 0 saturated heterocycles. The standard InChI is InChI=1S/C24H22ClN3O3/c1-3-31-19-13-11-18(12-14-19)26-24-27-22-20(23(29)30-2)5-4-6-21(22)28(24)15-16-7-9-17(25)10-8-16/h4-14H,3,15H2,1-2H3,(H,26,27). The van der Waals surface area contributed by atoms with E-state index in [9.17, 15) is 4.79 Å². The molecule has 4 rings (SSSR count). The topological polar surface area (TPSA) is 65.4 Å². The number of benzene rings is 3. The maximum absolute atomic E-state index is 12.3. The minimum absolute atomic E-state index is 0.421. The highest BCUT2D eigenvalue weighted by Crippen LogP contribution is 2.28. The number of methoxy groups -OCH3 is 1. The minimum atomic E-state index is -0.422. The average molecular weight is 436 g/mol. The number of ether oxygens (including phenoxy) is 2. The molecule has 0 atom stereocenters. The van der Waals surface area contributed by atoms with Crippen LogP contribution in [0.4, 0.5) is 11.6 Å². The summed E-state index contributed by atoms with van der Waals surface area (Å²) in [5, 5.41) is 4.05. The average Bonchev–Trinajstić information content (AvgIpc) is 3.13. The number of esters is 1. The number of carbonyl (C=O) groups excluding carboxylic acids is 1. The molecule has 6 nitrogen and oxygen atoms in total. The fraction of sp³-hybridized carbons (Fsp3) is 0.167. The summed E-state index contributed by atoms with van der Waals surface area (Å²) in [6.45, 7) is 3.11. The van der Waals surface area contributed by atoms with Gasteiger partial charge in [0, 0.05) is 10.7 Å². The van der Waals surface area contributed by atoms with Gasteiger partial charge in [0.2, 0.25) is 5.95 Å². The number of carbonyl (C=O) groups is 1. The van der Waals surface area contributed by atoms with Crippen LogP contribution in [-0.4, -0.2) is 29.2 Å². The number of para-hydroxylation sites is 1. The first kappa shape index (κ1) is 20.8. The highest BCUT2D eigenvalue weighted by atomic mass is 35.5. The smallest absolute Gasteiger partial charge is 0.340 e. The molecule has 158 valence electrons. The zero-order chi connectivity index (χ0) is 21.8. The van der Waals surface area contributed by atoms with E-state index in [2.05, 4.69) is 5.32 Å². The maximum Gasteiger partial charge on any atom is 0.340 e. The molecule has 0 aliphatic heterocycles.